The maximum atomic E-state index is 11.5. The third-order valence-corrected chi connectivity index (χ3v) is 4.91. The van der Waals surface area contributed by atoms with E-state index in [-0.39, 0.29) is 11.5 Å². The predicted octanol–water partition coefficient (Wildman–Crippen LogP) is 1.07. The molecule has 0 spiro atoms. The molecule has 1 aromatic carbocycles. The van der Waals surface area contributed by atoms with Crippen molar-refractivity contribution in [3.63, 3.8) is 0 Å². The largest absolute Gasteiger partial charge is 0.397 e. The first-order valence-electron chi connectivity index (χ1n) is 5.86. The van der Waals surface area contributed by atoms with Crippen LogP contribution in [0.1, 0.15) is 12.5 Å². The van der Waals surface area contributed by atoms with Gasteiger partial charge in [0, 0.05) is 18.8 Å². The van der Waals surface area contributed by atoms with E-state index >= 15 is 0 Å². The highest BCUT2D eigenvalue weighted by Crippen LogP contribution is 2.33. The summed E-state index contributed by atoms with van der Waals surface area (Å²) in [5.41, 5.74) is 8.94. The molecule has 0 aliphatic carbocycles. The van der Waals surface area contributed by atoms with Crippen molar-refractivity contribution >= 4 is 21.2 Å². The summed E-state index contributed by atoms with van der Waals surface area (Å²) in [5.74, 6) is 0.412. The first kappa shape index (κ1) is 12.2. The Labute approximate surface area is 102 Å². The molecule has 1 aromatic rings. The molecule has 0 unspecified atom stereocenters. The van der Waals surface area contributed by atoms with Gasteiger partial charge in [0.15, 0.2) is 9.84 Å². The Morgan fingerprint density at radius 3 is 2.88 bits per heavy atom. The predicted molar refractivity (Wildman–Crippen MR) is 71.1 cm³/mol. The first-order chi connectivity index (χ1) is 8.03. The summed E-state index contributed by atoms with van der Waals surface area (Å²) in [4.78, 5) is 2.08. The average molecular weight is 254 g/mol. The van der Waals surface area contributed by atoms with E-state index in [9.17, 15) is 8.42 Å². The molecule has 2 rings (SSSR count). The fraction of sp³-hybridized carbons (Fsp3) is 0.500. The summed E-state index contributed by atoms with van der Waals surface area (Å²) in [6.07, 6.45) is 0.951. The minimum atomic E-state index is -2.90. The normalized spacial score (nSPS) is 15.0. The summed E-state index contributed by atoms with van der Waals surface area (Å²) in [7, 11) is -2.90. The van der Waals surface area contributed by atoms with Crippen molar-refractivity contribution in [2.45, 2.75) is 13.3 Å². The minimum absolute atomic E-state index is 0.206. The summed E-state index contributed by atoms with van der Waals surface area (Å²) >= 11 is 0. The van der Waals surface area contributed by atoms with Crippen molar-refractivity contribution in [2.75, 3.05) is 35.2 Å². The summed E-state index contributed by atoms with van der Waals surface area (Å²) < 4.78 is 23.0. The van der Waals surface area contributed by atoms with Crippen LogP contribution in [-0.2, 0) is 16.3 Å². The van der Waals surface area contributed by atoms with E-state index in [2.05, 4.69) is 11.0 Å². The second-order valence-corrected chi connectivity index (χ2v) is 6.80. The van der Waals surface area contributed by atoms with Gasteiger partial charge in [-0.1, -0.05) is 19.1 Å². The number of anilines is 2. The highest BCUT2D eigenvalue weighted by atomic mass is 32.2. The second-order valence-electron chi connectivity index (χ2n) is 4.33. The number of para-hydroxylation sites is 1. The summed E-state index contributed by atoms with van der Waals surface area (Å²) in [5, 5.41) is 0. The zero-order chi connectivity index (χ0) is 12.5. The zero-order valence-corrected chi connectivity index (χ0v) is 10.8. The number of nitrogens with two attached hydrogens (primary N) is 1. The number of rotatable bonds is 4. The SMILES string of the molecule is CCS(=O)(=O)CCN1CCc2cccc(N)c21. The molecular weight excluding hydrogens is 236 g/mol. The van der Waals surface area contributed by atoms with Crippen molar-refractivity contribution in [1.82, 2.24) is 0 Å². The molecule has 2 N–H and O–H groups in total. The Morgan fingerprint density at radius 1 is 1.41 bits per heavy atom. The van der Waals surface area contributed by atoms with Gasteiger partial charge in [-0.3, -0.25) is 0 Å². The van der Waals surface area contributed by atoms with Crippen molar-refractivity contribution in [3.05, 3.63) is 23.8 Å². The van der Waals surface area contributed by atoms with Gasteiger partial charge in [0.05, 0.1) is 17.1 Å². The fourth-order valence-electron chi connectivity index (χ4n) is 2.18. The molecule has 17 heavy (non-hydrogen) atoms. The van der Waals surface area contributed by atoms with Crippen LogP contribution in [0, 0.1) is 0 Å². The Hall–Kier alpha value is -1.23. The van der Waals surface area contributed by atoms with E-state index in [0.29, 0.717) is 6.54 Å². The van der Waals surface area contributed by atoms with Gasteiger partial charge in [-0.2, -0.15) is 0 Å². The van der Waals surface area contributed by atoms with Crippen LogP contribution in [0.4, 0.5) is 11.4 Å². The molecule has 1 aliphatic heterocycles. The molecule has 0 bridgehead atoms. The quantitative estimate of drug-likeness (QED) is 0.816. The van der Waals surface area contributed by atoms with Crippen molar-refractivity contribution in [1.29, 1.82) is 0 Å². The molecule has 0 amide bonds. The smallest absolute Gasteiger partial charge is 0.151 e. The lowest BCUT2D eigenvalue weighted by Gasteiger charge is -2.20. The molecule has 1 aliphatic rings. The van der Waals surface area contributed by atoms with E-state index in [0.717, 1.165) is 24.3 Å². The number of benzene rings is 1. The highest BCUT2D eigenvalue weighted by Gasteiger charge is 2.22. The van der Waals surface area contributed by atoms with Crippen LogP contribution in [0.2, 0.25) is 0 Å². The number of nitrogen functional groups attached to an aromatic ring is 1. The molecule has 94 valence electrons. The van der Waals surface area contributed by atoms with Gasteiger partial charge in [-0.25, -0.2) is 8.42 Å². The molecule has 1 heterocycles. The van der Waals surface area contributed by atoms with E-state index in [1.54, 1.807) is 6.92 Å². The third-order valence-electron chi connectivity index (χ3n) is 3.23. The summed E-state index contributed by atoms with van der Waals surface area (Å²) in [6.45, 7) is 3.09. The van der Waals surface area contributed by atoms with Crippen LogP contribution in [0.5, 0.6) is 0 Å². The summed E-state index contributed by atoms with van der Waals surface area (Å²) in [6, 6.07) is 5.87. The molecule has 4 nitrogen and oxygen atoms in total. The van der Waals surface area contributed by atoms with Crippen LogP contribution in [0.15, 0.2) is 18.2 Å². The maximum absolute atomic E-state index is 11.5. The van der Waals surface area contributed by atoms with Crippen LogP contribution in [0.3, 0.4) is 0 Å². The lowest BCUT2D eigenvalue weighted by atomic mass is 10.1. The van der Waals surface area contributed by atoms with Crippen LogP contribution in [0.25, 0.3) is 0 Å². The van der Waals surface area contributed by atoms with E-state index in [1.807, 2.05) is 12.1 Å². The molecule has 0 atom stereocenters. The Kier molecular flexibility index (Phi) is 3.28. The van der Waals surface area contributed by atoms with Crippen LogP contribution >= 0.6 is 0 Å². The lowest BCUT2D eigenvalue weighted by molar-refractivity contribution is 0.596. The van der Waals surface area contributed by atoms with E-state index in [1.165, 1.54) is 5.56 Å². The molecular formula is C12H18N2O2S. The number of hydrogen-bond acceptors (Lipinski definition) is 4. The average Bonchev–Trinajstić information content (AvgIpc) is 2.71. The van der Waals surface area contributed by atoms with Gasteiger partial charge in [0.2, 0.25) is 0 Å². The molecule has 5 heteroatoms. The number of hydrogen-bond donors (Lipinski definition) is 1. The van der Waals surface area contributed by atoms with Gasteiger partial charge < -0.3 is 10.6 Å². The van der Waals surface area contributed by atoms with E-state index in [4.69, 9.17) is 5.73 Å². The molecule has 0 saturated carbocycles. The van der Waals surface area contributed by atoms with Crippen molar-refractivity contribution in [3.8, 4) is 0 Å². The minimum Gasteiger partial charge on any atom is -0.397 e. The first-order valence-corrected chi connectivity index (χ1v) is 7.68. The van der Waals surface area contributed by atoms with Gasteiger partial charge in [-0.15, -0.1) is 0 Å². The zero-order valence-electron chi connectivity index (χ0n) is 10.0. The standard InChI is InChI=1S/C12H18N2O2S/c1-2-17(15,16)9-8-14-7-6-10-4-3-5-11(13)12(10)14/h3-5H,2,6-9,13H2,1H3. The Balaban J connectivity index is 2.13. The lowest BCUT2D eigenvalue weighted by Crippen LogP contribution is -2.28. The van der Waals surface area contributed by atoms with Gasteiger partial charge >= 0.3 is 0 Å². The molecule has 0 radical (unpaired) electrons. The highest BCUT2D eigenvalue weighted by molar-refractivity contribution is 7.91. The van der Waals surface area contributed by atoms with Crippen molar-refractivity contribution < 1.29 is 8.42 Å². The number of nitrogens with zero attached hydrogens (tertiary/aromatic N) is 1. The molecule has 0 aromatic heterocycles. The number of fused-ring (bicyclic) bond motifs is 1. The topological polar surface area (TPSA) is 63.4 Å². The monoisotopic (exact) mass is 254 g/mol. The van der Waals surface area contributed by atoms with Gasteiger partial charge in [0.1, 0.15) is 0 Å². The van der Waals surface area contributed by atoms with Crippen LogP contribution < -0.4 is 10.6 Å². The molecule has 0 fully saturated rings. The fourth-order valence-corrected chi connectivity index (χ4v) is 2.97. The van der Waals surface area contributed by atoms with E-state index < -0.39 is 9.84 Å². The third kappa shape index (κ3) is 2.54. The Morgan fingerprint density at radius 2 is 2.18 bits per heavy atom. The molecule has 0 saturated heterocycles. The van der Waals surface area contributed by atoms with Gasteiger partial charge in [0.25, 0.3) is 0 Å². The van der Waals surface area contributed by atoms with Crippen molar-refractivity contribution in [2.24, 2.45) is 0 Å². The maximum Gasteiger partial charge on any atom is 0.151 e. The van der Waals surface area contributed by atoms with Gasteiger partial charge in [-0.05, 0) is 18.1 Å². The number of sulfone groups is 1. The Bertz CT molecular complexity index is 511. The van der Waals surface area contributed by atoms with Crippen LogP contribution in [-0.4, -0.2) is 33.0 Å². The second kappa shape index (κ2) is 4.56.